The predicted molar refractivity (Wildman–Crippen MR) is 128 cm³/mol. The zero-order valence-electron chi connectivity index (χ0n) is 18.6. The van der Waals surface area contributed by atoms with Crippen molar-refractivity contribution in [3.8, 4) is 0 Å². The normalized spacial score (nSPS) is 20.3. The Morgan fingerprint density at radius 3 is 1.76 bits per heavy atom. The van der Waals surface area contributed by atoms with Crippen molar-refractivity contribution in [1.29, 1.82) is 0 Å². The van der Waals surface area contributed by atoms with E-state index in [9.17, 15) is 4.79 Å². The van der Waals surface area contributed by atoms with Gasteiger partial charge in [0.25, 0.3) is 0 Å². The number of ketones is 1. The van der Waals surface area contributed by atoms with E-state index in [0.29, 0.717) is 11.7 Å². The number of benzene rings is 2. The van der Waals surface area contributed by atoms with E-state index in [-0.39, 0.29) is 11.0 Å². The minimum Gasteiger partial charge on any atom is -0.300 e. The van der Waals surface area contributed by atoms with Gasteiger partial charge in [0, 0.05) is 5.92 Å². The fourth-order valence-corrected chi connectivity index (χ4v) is 11.0. The molecule has 1 fully saturated rings. The van der Waals surface area contributed by atoms with Gasteiger partial charge in [-0.3, -0.25) is 4.79 Å². The van der Waals surface area contributed by atoms with Crippen molar-refractivity contribution in [3.05, 3.63) is 72.8 Å². The Bertz CT molecular complexity index is 792. The molecule has 0 saturated heterocycles. The summed E-state index contributed by atoms with van der Waals surface area (Å²) in [6, 6.07) is 23.2. The topological polar surface area (TPSA) is 17.1 Å². The first kappa shape index (κ1) is 21.8. The Morgan fingerprint density at radius 2 is 1.34 bits per heavy atom. The summed E-state index contributed by atoms with van der Waals surface area (Å²) < 4.78 is 0. The summed E-state index contributed by atoms with van der Waals surface area (Å²) in [6.07, 6.45) is 4.53. The molecule has 0 bridgehead atoms. The van der Waals surface area contributed by atoms with E-state index in [1.54, 1.807) is 6.92 Å². The summed E-state index contributed by atoms with van der Waals surface area (Å²) in [5, 5.41) is 3.06. The van der Waals surface area contributed by atoms with E-state index in [2.05, 4.69) is 88.0 Å². The molecular weight excluding hydrogens is 368 g/mol. The van der Waals surface area contributed by atoms with Gasteiger partial charge in [0.15, 0.2) is 0 Å². The van der Waals surface area contributed by atoms with Crippen LogP contribution in [0.3, 0.4) is 0 Å². The highest BCUT2D eigenvalue weighted by Crippen LogP contribution is 2.44. The third-order valence-corrected chi connectivity index (χ3v) is 13.3. The molecule has 2 aromatic carbocycles. The largest absolute Gasteiger partial charge is 0.300 e. The summed E-state index contributed by atoms with van der Waals surface area (Å²) >= 11 is 0. The van der Waals surface area contributed by atoms with Gasteiger partial charge in [-0.25, -0.2) is 0 Å². The van der Waals surface area contributed by atoms with E-state index in [0.717, 1.165) is 18.9 Å². The lowest BCUT2D eigenvalue weighted by atomic mass is 9.74. The Labute approximate surface area is 178 Å². The maximum absolute atomic E-state index is 12.4. The van der Waals surface area contributed by atoms with Gasteiger partial charge in [-0.1, -0.05) is 117 Å². The van der Waals surface area contributed by atoms with Crippen molar-refractivity contribution in [3.63, 3.8) is 0 Å². The third kappa shape index (κ3) is 4.33. The number of Topliss-reactive ketones (excluding diaryl/α,β-unsaturated/α-hetero) is 1. The Kier molecular flexibility index (Phi) is 6.63. The molecule has 0 unspecified atom stereocenters. The van der Waals surface area contributed by atoms with Crippen LogP contribution in [0, 0.1) is 11.8 Å². The predicted octanol–water partition coefficient (Wildman–Crippen LogP) is 6.00. The molecule has 2 heteroatoms. The van der Waals surface area contributed by atoms with E-state index in [1.807, 2.05) is 0 Å². The standard InChI is InChI=1S/C27H36OSi/c1-21(25-18-12-13-19-26(25)22(2)28)20-29(27(3,4)5,23-14-8-6-9-15-23)24-16-10-7-11-17-24/h6-11,14-17,25-26H,1,12-13,18-20H2,2-5H3/t25-,26+/m1/s1. The Balaban J connectivity index is 2.11. The zero-order chi connectivity index (χ0) is 21.1. The van der Waals surface area contributed by atoms with E-state index < -0.39 is 8.07 Å². The summed E-state index contributed by atoms with van der Waals surface area (Å²) in [4.78, 5) is 12.4. The maximum Gasteiger partial charge on any atom is 0.133 e. The van der Waals surface area contributed by atoms with Crippen molar-refractivity contribution >= 4 is 24.2 Å². The van der Waals surface area contributed by atoms with Gasteiger partial charge in [0.2, 0.25) is 0 Å². The molecule has 1 aliphatic rings. The van der Waals surface area contributed by atoms with Gasteiger partial charge in [0.05, 0.1) is 0 Å². The smallest absolute Gasteiger partial charge is 0.133 e. The quantitative estimate of drug-likeness (QED) is 0.426. The molecule has 0 aromatic heterocycles. The lowest BCUT2D eigenvalue weighted by molar-refractivity contribution is -0.122. The number of carbonyl (C=O) groups excluding carboxylic acids is 1. The molecule has 0 amide bonds. The van der Waals surface area contributed by atoms with Crippen LogP contribution < -0.4 is 10.4 Å². The van der Waals surface area contributed by atoms with E-state index >= 15 is 0 Å². The van der Waals surface area contributed by atoms with Crippen molar-refractivity contribution in [1.82, 2.24) is 0 Å². The summed E-state index contributed by atoms with van der Waals surface area (Å²) in [7, 11) is -2.17. The van der Waals surface area contributed by atoms with Crippen LogP contribution in [-0.2, 0) is 4.79 Å². The van der Waals surface area contributed by atoms with Crippen LogP contribution in [0.1, 0.15) is 53.4 Å². The molecule has 1 nitrogen and oxygen atoms in total. The second kappa shape index (κ2) is 8.83. The van der Waals surface area contributed by atoms with Crippen LogP contribution in [0.2, 0.25) is 11.1 Å². The summed E-state index contributed by atoms with van der Waals surface area (Å²) in [5.74, 6) is 0.843. The molecular formula is C27H36OSi. The Morgan fingerprint density at radius 1 is 0.897 bits per heavy atom. The highest BCUT2D eigenvalue weighted by Gasteiger charge is 2.48. The van der Waals surface area contributed by atoms with Crippen LogP contribution in [0.25, 0.3) is 0 Å². The number of carbonyl (C=O) groups is 1. The van der Waals surface area contributed by atoms with Crippen molar-refractivity contribution < 1.29 is 4.79 Å². The molecule has 154 valence electrons. The molecule has 1 saturated carbocycles. The fraction of sp³-hybridized carbons (Fsp3) is 0.444. The second-order valence-electron chi connectivity index (χ2n) is 9.83. The van der Waals surface area contributed by atoms with Crippen LogP contribution in [0.5, 0.6) is 0 Å². The summed E-state index contributed by atoms with van der Waals surface area (Å²) in [5.41, 5.74) is 1.30. The minimum absolute atomic E-state index is 0.124. The van der Waals surface area contributed by atoms with Crippen LogP contribution in [0.15, 0.2) is 72.8 Å². The van der Waals surface area contributed by atoms with E-state index in [4.69, 9.17) is 0 Å². The lowest BCUT2D eigenvalue weighted by Gasteiger charge is -2.46. The molecule has 29 heavy (non-hydrogen) atoms. The zero-order valence-corrected chi connectivity index (χ0v) is 19.6. The number of allylic oxidation sites excluding steroid dienone is 1. The Hall–Kier alpha value is -1.93. The SMILES string of the molecule is C=C(C[Si](c1ccccc1)(c1ccccc1)C(C)(C)C)[C@H]1CCCC[C@H]1C(C)=O. The van der Waals surface area contributed by atoms with Gasteiger partial charge in [0.1, 0.15) is 13.9 Å². The molecule has 0 aliphatic heterocycles. The molecule has 2 aromatic rings. The highest BCUT2D eigenvalue weighted by molar-refractivity contribution is 7.04. The molecule has 0 N–H and O–H groups in total. The fourth-order valence-electron chi connectivity index (χ4n) is 5.53. The molecule has 0 spiro atoms. The van der Waals surface area contributed by atoms with Gasteiger partial charge in [-0.05, 0) is 36.8 Å². The third-order valence-electron chi connectivity index (χ3n) is 7.12. The molecule has 1 aliphatic carbocycles. The summed E-state index contributed by atoms with van der Waals surface area (Å²) in [6.45, 7) is 13.6. The average Bonchev–Trinajstić information content (AvgIpc) is 2.72. The van der Waals surface area contributed by atoms with E-state index in [1.165, 1.54) is 28.8 Å². The maximum atomic E-state index is 12.4. The first-order chi connectivity index (χ1) is 13.8. The number of hydrogen-bond donors (Lipinski definition) is 0. The average molecular weight is 405 g/mol. The number of rotatable bonds is 6. The van der Waals surface area contributed by atoms with Crippen LogP contribution in [0.4, 0.5) is 0 Å². The van der Waals surface area contributed by atoms with Gasteiger partial charge < -0.3 is 0 Å². The van der Waals surface area contributed by atoms with Gasteiger partial charge in [-0.15, -0.1) is 0 Å². The number of hydrogen-bond acceptors (Lipinski definition) is 1. The monoisotopic (exact) mass is 404 g/mol. The molecule has 2 atom stereocenters. The molecule has 0 radical (unpaired) electrons. The second-order valence-corrected chi connectivity index (χ2v) is 14.6. The van der Waals surface area contributed by atoms with Crippen LogP contribution >= 0.6 is 0 Å². The van der Waals surface area contributed by atoms with Gasteiger partial charge in [-0.2, -0.15) is 0 Å². The molecule has 3 rings (SSSR count). The minimum atomic E-state index is -2.17. The molecule has 0 heterocycles. The first-order valence-corrected chi connectivity index (χ1v) is 13.3. The lowest BCUT2D eigenvalue weighted by Crippen LogP contribution is -2.64. The van der Waals surface area contributed by atoms with Crippen molar-refractivity contribution in [2.45, 2.75) is 64.5 Å². The van der Waals surface area contributed by atoms with Gasteiger partial charge >= 0.3 is 0 Å². The van der Waals surface area contributed by atoms with Crippen LogP contribution in [-0.4, -0.2) is 13.9 Å². The highest BCUT2D eigenvalue weighted by atomic mass is 28.3. The van der Waals surface area contributed by atoms with Crippen molar-refractivity contribution in [2.24, 2.45) is 11.8 Å². The van der Waals surface area contributed by atoms with Crippen molar-refractivity contribution in [2.75, 3.05) is 0 Å². The first-order valence-electron chi connectivity index (χ1n) is 11.1.